The SMILES string of the molecule is COc1cc(CCc2cc(F)ccc2OCC[C@@H]2C[C@@H](O)CN2C)ccc1F.Cl. The van der Waals surface area contributed by atoms with E-state index in [0.29, 0.717) is 37.8 Å². The van der Waals surface area contributed by atoms with Crippen LogP contribution in [-0.4, -0.2) is 49.5 Å². The molecule has 160 valence electrons. The summed E-state index contributed by atoms with van der Waals surface area (Å²) in [6.45, 7) is 1.19. The minimum Gasteiger partial charge on any atom is -0.494 e. The van der Waals surface area contributed by atoms with Gasteiger partial charge in [-0.3, -0.25) is 0 Å². The van der Waals surface area contributed by atoms with Gasteiger partial charge in [-0.2, -0.15) is 0 Å². The van der Waals surface area contributed by atoms with Crippen molar-refractivity contribution in [2.45, 2.75) is 37.8 Å². The van der Waals surface area contributed by atoms with E-state index < -0.39 is 5.82 Å². The molecule has 1 aliphatic heterocycles. The number of likely N-dealkylation sites (tertiary alicyclic amines) is 1. The Bertz CT molecular complexity index is 806. The molecule has 0 amide bonds. The zero-order valence-electron chi connectivity index (χ0n) is 16.7. The summed E-state index contributed by atoms with van der Waals surface area (Å²) in [5, 5.41) is 9.74. The number of hydrogen-bond donors (Lipinski definition) is 1. The van der Waals surface area contributed by atoms with Crippen molar-refractivity contribution in [3.63, 3.8) is 0 Å². The molecule has 0 unspecified atom stereocenters. The molecule has 29 heavy (non-hydrogen) atoms. The topological polar surface area (TPSA) is 41.9 Å². The molecule has 2 aromatic carbocycles. The van der Waals surface area contributed by atoms with Gasteiger partial charge in [0.15, 0.2) is 11.6 Å². The number of aryl methyl sites for hydroxylation is 2. The monoisotopic (exact) mass is 427 g/mol. The molecule has 1 aliphatic rings. The molecule has 4 nitrogen and oxygen atoms in total. The molecule has 0 aromatic heterocycles. The normalized spacial score (nSPS) is 19.1. The summed E-state index contributed by atoms with van der Waals surface area (Å²) in [6, 6.07) is 9.58. The van der Waals surface area contributed by atoms with Crippen molar-refractivity contribution in [2.24, 2.45) is 0 Å². The molecule has 3 rings (SSSR count). The minimum absolute atomic E-state index is 0. The van der Waals surface area contributed by atoms with Crippen LogP contribution in [0.5, 0.6) is 11.5 Å². The second-order valence-electron chi connectivity index (χ2n) is 7.34. The Morgan fingerprint density at radius 2 is 1.90 bits per heavy atom. The van der Waals surface area contributed by atoms with Crippen molar-refractivity contribution >= 4 is 12.4 Å². The van der Waals surface area contributed by atoms with Gasteiger partial charge in [-0.1, -0.05) is 6.07 Å². The number of aliphatic hydroxyl groups excluding tert-OH is 1. The molecule has 1 fully saturated rings. The third kappa shape index (κ3) is 6.29. The number of β-amino-alcohol motifs (C(OH)–C–C–N with tert-alkyl or cyclic N) is 1. The van der Waals surface area contributed by atoms with E-state index >= 15 is 0 Å². The highest BCUT2D eigenvalue weighted by Gasteiger charge is 2.27. The van der Waals surface area contributed by atoms with Gasteiger partial charge in [0.2, 0.25) is 0 Å². The number of aliphatic hydroxyl groups is 1. The van der Waals surface area contributed by atoms with Gasteiger partial charge in [-0.15, -0.1) is 12.4 Å². The Hall–Kier alpha value is -1.89. The van der Waals surface area contributed by atoms with E-state index in [9.17, 15) is 13.9 Å². The summed E-state index contributed by atoms with van der Waals surface area (Å²) >= 11 is 0. The van der Waals surface area contributed by atoms with Crippen LogP contribution < -0.4 is 9.47 Å². The van der Waals surface area contributed by atoms with Gasteiger partial charge >= 0.3 is 0 Å². The van der Waals surface area contributed by atoms with Gasteiger partial charge in [0.25, 0.3) is 0 Å². The third-order valence-electron chi connectivity index (χ3n) is 5.30. The molecule has 1 saturated heterocycles. The number of halogens is 3. The Kier molecular flexibility index (Phi) is 8.68. The van der Waals surface area contributed by atoms with E-state index in [0.717, 1.165) is 24.0 Å². The molecule has 0 radical (unpaired) electrons. The highest BCUT2D eigenvalue weighted by atomic mass is 35.5. The molecule has 2 atom stereocenters. The minimum atomic E-state index is -0.400. The van der Waals surface area contributed by atoms with E-state index in [1.165, 1.54) is 25.3 Å². The maximum Gasteiger partial charge on any atom is 0.165 e. The van der Waals surface area contributed by atoms with Gasteiger partial charge in [-0.05, 0) is 74.2 Å². The number of nitrogens with zero attached hydrogens (tertiary/aromatic N) is 1. The fraction of sp³-hybridized carbons (Fsp3) is 0.455. The molecule has 2 aromatic rings. The zero-order chi connectivity index (χ0) is 20.1. The van der Waals surface area contributed by atoms with Gasteiger partial charge < -0.3 is 19.5 Å². The molecule has 0 saturated carbocycles. The van der Waals surface area contributed by atoms with Crippen LogP contribution in [0.3, 0.4) is 0 Å². The number of ether oxygens (including phenoxy) is 2. The van der Waals surface area contributed by atoms with Gasteiger partial charge in [0.1, 0.15) is 11.6 Å². The molecular weight excluding hydrogens is 400 g/mol. The number of methoxy groups -OCH3 is 1. The van der Waals surface area contributed by atoms with Crippen LogP contribution in [0, 0.1) is 11.6 Å². The van der Waals surface area contributed by atoms with Crippen molar-refractivity contribution in [3.05, 3.63) is 59.2 Å². The first-order valence-corrected chi connectivity index (χ1v) is 9.58. The predicted molar refractivity (Wildman–Crippen MR) is 111 cm³/mol. The summed E-state index contributed by atoms with van der Waals surface area (Å²) in [5.41, 5.74) is 1.69. The first kappa shape index (κ1) is 23.4. The maximum atomic E-state index is 13.7. The predicted octanol–water partition coefficient (Wildman–Crippen LogP) is 4.01. The van der Waals surface area contributed by atoms with Crippen molar-refractivity contribution in [1.29, 1.82) is 0 Å². The molecule has 1 heterocycles. The number of likely N-dealkylation sites (N-methyl/N-ethyl adjacent to an activating group) is 1. The first-order valence-electron chi connectivity index (χ1n) is 9.58. The third-order valence-corrected chi connectivity index (χ3v) is 5.30. The van der Waals surface area contributed by atoms with E-state index in [-0.39, 0.29) is 30.1 Å². The number of hydrogen-bond acceptors (Lipinski definition) is 4. The van der Waals surface area contributed by atoms with Crippen LogP contribution in [0.1, 0.15) is 24.0 Å². The zero-order valence-corrected chi connectivity index (χ0v) is 17.6. The molecule has 0 aliphatic carbocycles. The van der Waals surface area contributed by atoms with Crippen LogP contribution in [0.2, 0.25) is 0 Å². The Balaban J connectivity index is 0.00000300. The summed E-state index contributed by atoms with van der Waals surface area (Å²) in [7, 11) is 3.43. The second kappa shape index (κ2) is 10.8. The Morgan fingerprint density at radius 1 is 1.10 bits per heavy atom. The van der Waals surface area contributed by atoms with Gasteiger partial charge in [-0.25, -0.2) is 8.78 Å². The quantitative estimate of drug-likeness (QED) is 0.691. The van der Waals surface area contributed by atoms with Crippen LogP contribution in [0.4, 0.5) is 8.78 Å². The maximum absolute atomic E-state index is 13.7. The van der Waals surface area contributed by atoms with Crippen LogP contribution >= 0.6 is 12.4 Å². The number of rotatable bonds is 8. The largest absolute Gasteiger partial charge is 0.494 e. The van der Waals surface area contributed by atoms with E-state index in [1.54, 1.807) is 18.2 Å². The molecule has 0 bridgehead atoms. The van der Waals surface area contributed by atoms with Crippen molar-refractivity contribution in [1.82, 2.24) is 4.90 Å². The average molecular weight is 428 g/mol. The highest BCUT2D eigenvalue weighted by molar-refractivity contribution is 5.85. The van der Waals surface area contributed by atoms with Crippen molar-refractivity contribution in [2.75, 3.05) is 27.3 Å². The molecule has 0 spiro atoms. The van der Waals surface area contributed by atoms with Crippen molar-refractivity contribution in [3.8, 4) is 11.5 Å². The molecule has 7 heteroatoms. The van der Waals surface area contributed by atoms with Crippen LogP contribution in [0.25, 0.3) is 0 Å². The van der Waals surface area contributed by atoms with Crippen molar-refractivity contribution < 1.29 is 23.4 Å². The van der Waals surface area contributed by atoms with Gasteiger partial charge in [0, 0.05) is 12.6 Å². The lowest BCUT2D eigenvalue weighted by Gasteiger charge is -2.19. The summed E-state index contributed by atoms with van der Waals surface area (Å²) in [6.07, 6.45) is 2.48. The van der Waals surface area contributed by atoms with E-state index in [1.807, 2.05) is 7.05 Å². The van der Waals surface area contributed by atoms with E-state index in [2.05, 4.69) is 4.90 Å². The lowest BCUT2D eigenvalue weighted by molar-refractivity contribution is 0.182. The standard InChI is InChI=1S/C22H27F2NO3.ClH/c1-25-14-19(26)13-18(25)9-10-28-21-8-6-17(23)12-16(21)5-3-15-4-7-20(24)22(11-15)27-2;/h4,6-8,11-12,18-19,26H,3,5,9-10,13-14H2,1-2H3;1H/t18-,19-;/m1./s1. The summed E-state index contributed by atoms with van der Waals surface area (Å²) in [5.74, 6) is 0.161. The fourth-order valence-corrected chi connectivity index (χ4v) is 3.72. The lowest BCUT2D eigenvalue weighted by atomic mass is 10.0. The summed E-state index contributed by atoms with van der Waals surface area (Å²) in [4.78, 5) is 2.14. The number of benzene rings is 2. The first-order chi connectivity index (χ1) is 13.5. The average Bonchev–Trinajstić information content (AvgIpc) is 2.99. The molecular formula is C22H28ClF2NO3. The Labute approximate surface area is 176 Å². The highest BCUT2D eigenvalue weighted by Crippen LogP contribution is 2.25. The van der Waals surface area contributed by atoms with Gasteiger partial charge in [0.05, 0.1) is 19.8 Å². The fourth-order valence-electron chi connectivity index (χ4n) is 3.72. The second-order valence-corrected chi connectivity index (χ2v) is 7.34. The molecule has 1 N–H and O–H groups in total. The lowest BCUT2D eigenvalue weighted by Crippen LogP contribution is -2.26. The smallest absolute Gasteiger partial charge is 0.165 e. The summed E-state index contributed by atoms with van der Waals surface area (Å²) < 4.78 is 38.3. The van der Waals surface area contributed by atoms with E-state index in [4.69, 9.17) is 9.47 Å². The van der Waals surface area contributed by atoms with Crippen LogP contribution in [0.15, 0.2) is 36.4 Å². The Morgan fingerprint density at radius 3 is 2.59 bits per heavy atom. The van der Waals surface area contributed by atoms with Crippen LogP contribution in [-0.2, 0) is 12.8 Å².